The summed E-state index contributed by atoms with van der Waals surface area (Å²) in [5.41, 5.74) is 30.0. The molecular weight excluding hydrogens is 1320 g/mol. The van der Waals surface area contributed by atoms with Crippen LogP contribution in [0.3, 0.4) is 0 Å². The molecule has 0 atom stereocenters. The van der Waals surface area contributed by atoms with Gasteiger partial charge in [0.25, 0.3) is 0 Å². The molecule has 5 aromatic carbocycles. The first-order valence-corrected chi connectivity index (χ1v) is 37.9. The van der Waals surface area contributed by atoms with Gasteiger partial charge in [-0.1, -0.05) is 230 Å². The van der Waals surface area contributed by atoms with Gasteiger partial charge in [0.05, 0.1) is 0 Å². The van der Waals surface area contributed by atoms with Gasteiger partial charge in [-0.15, -0.1) is 0 Å². The zero-order chi connectivity index (χ0) is 87.7. The number of aryl methyl sites for hydroxylation is 16. The van der Waals surface area contributed by atoms with Gasteiger partial charge in [0.1, 0.15) is 35.2 Å². The number of aromatic nitrogens is 5. The maximum Gasteiger partial charge on any atom is 0.212 e. The molecule has 0 unspecified atom stereocenters. The van der Waals surface area contributed by atoms with Crippen molar-refractivity contribution in [2.75, 3.05) is 0 Å². The lowest BCUT2D eigenvalue weighted by Crippen LogP contribution is -2.34. The molecule has 5 nitrogen and oxygen atoms in total. The van der Waals surface area contributed by atoms with Crippen LogP contribution in [0, 0.1) is 112 Å². The van der Waals surface area contributed by atoms with Gasteiger partial charge in [0, 0.05) is 102 Å². The Hall–Kier alpha value is -8.15. The van der Waals surface area contributed by atoms with Crippen LogP contribution < -0.4 is 22.8 Å². The van der Waals surface area contributed by atoms with Crippen molar-refractivity contribution < 1.29 is 39.3 Å². The molecule has 0 bridgehead atoms. The van der Waals surface area contributed by atoms with Gasteiger partial charge in [0.2, 0.25) is 28.5 Å². The van der Waals surface area contributed by atoms with Crippen LogP contribution >= 0.6 is 0 Å². The smallest absolute Gasteiger partial charge is 0.201 e. The summed E-state index contributed by atoms with van der Waals surface area (Å²) in [6, 6.07) is 44.7. The third kappa shape index (κ3) is 28.6. The van der Waals surface area contributed by atoms with E-state index in [0.29, 0.717) is 45.6 Å². The lowest BCUT2D eigenvalue weighted by Gasteiger charge is -2.20. The quantitative estimate of drug-likeness (QED) is 0.0810. The standard InChI is InChI=1S/2C21H30N.3C19H26N.5CH4/c2*1-15(2)11-18-13-21(20-10-8-7-9-17(20)5)22(6)14-19(18)12-16(3)4;1-13-8-9-16(14(2)10-13)18-11-15(3)17(12-20(18)7)19(4,5)6;2*1-13(2)9-17-12-20(6)19(11-15(17)4)18-8-7-14(3)10-16(18)5;;;;;/h2*7-10,13-16H,11-12H2,1-6H3;8-12H,1-7H3;2*7-8,10-13H,9H2,1-6H3;5*1H4/q5*+1;;;;;/i11D2,12D2;;1D3;3D3,9D2;;;;;;. The minimum Gasteiger partial charge on any atom is -0.201 e. The summed E-state index contributed by atoms with van der Waals surface area (Å²) < 4.78 is 107. The van der Waals surface area contributed by atoms with E-state index < -0.39 is 32.8 Å². The summed E-state index contributed by atoms with van der Waals surface area (Å²) in [5, 5.41) is 0. The molecule has 0 aliphatic heterocycles. The molecule has 0 aliphatic carbocycles. The van der Waals surface area contributed by atoms with Crippen molar-refractivity contribution in [3.8, 4) is 56.3 Å². The van der Waals surface area contributed by atoms with Crippen molar-refractivity contribution in [1.29, 1.82) is 0 Å². The molecule has 0 aliphatic rings. The second kappa shape index (κ2) is 44.6. The Kier molecular flexibility index (Phi) is 32.3. The van der Waals surface area contributed by atoms with Crippen LogP contribution in [0.4, 0.5) is 0 Å². The molecule has 10 rings (SSSR count). The van der Waals surface area contributed by atoms with Crippen LogP contribution in [0.25, 0.3) is 56.3 Å². The van der Waals surface area contributed by atoms with E-state index in [2.05, 4.69) is 204 Å². The van der Waals surface area contributed by atoms with Crippen LogP contribution in [-0.2, 0) is 79.0 Å². The van der Waals surface area contributed by atoms with Gasteiger partial charge >= 0.3 is 0 Å². The number of rotatable bonds is 17. The van der Waals surface area contributed by atoms with E-state index in [4.69, 9.17) is 16.4 Å². The van der Waals surface area contributed by atoms with E-state index in [0.717, 1.165) is 75.3 Å². The summed E-state index contributed by atoms with van der Waals surface area (Å²) in [6.45, 7) is 46.1. The van der Waals surface area contributed by atoms with Crippen LogP contribution in [-0.4, -0.2) is 0 Å². The second-order valence-electron chi connectivity index (χ2n) is 32.6. The highest BCUT2D eigenvalue weighted by Crippen LogP contribution is 2.32. The summed E-state index contributed by atoms with van der Waals surface area (Å²) in [7, 11) is 10.2. The molecule has 5 heteroatoms. The molecule has 10 aromatic rings. The molecule has 5 aromatic heterocycles. The average Bonchev–Trinajstić information content (AvgIpc) is 0.750. The molecular formula is C104H158N5+5. The monoisotopic (exact) mass is 1490 g/mol. The number of hydrogen-bond acceptors (Lipinski definition) is 0. The minimum absolute atomic E-state index is 0. The molecule has 0 saturated heterocycles. The van der Waals surface area contributed by atoms with E-state index in [9.17, 15) is 0 Å². The number of hydrogen-bond donors (Lipinski definition) is 0. The van der Waals surface area contributed by atoms with E-state index in [1.54, 1.807) is 30.5 Å². The van der Waals surface area contributed by atoms with E-state index in [-0.39, 0.29) is 60.3 Å². The Morgan fingerprint density at radius 3 is 0.963 bits per heavy atom. The largest absolute Gasteiger partial charge is 0.212 e. The Labute approximate surface area is 688 Å². The first-order valence-electron chi connectivity index (χ1n) is 43.9. The highest BCUT2D eigenvalue weighted by atomic mass is 14.9. The summed E-state index contributed by atoms with van der Waals surface area (Å²) in [4.78, 5) is 0. The summed E-state index contributed by atoms with van der Waals surface area (Å²) >= 11 is 0. The molecule has 0 spiro atoms. The van der Waals surface area contributed by atoms with E-state index in [1.165, 1.54) is 72.6 Å². The highest BCUT2D eigenvalue weighted by molar-refractivity contribution is 5.66. The zero-order valence-electron chi connectivity index (χ0n) is 81.4. The third-order valence-electron chi connectivity index (χ3n) is 18.8. The Balaban J connectivity index is 0.000000750. The minimum atomic E-state index is -2.11. The highest BCUT2D eigenvalue weighted by Gasteiger charge is 2.25. The molecule has 0 fully saturated rings. The Morgan fingerprint density at radius 2 is 0.578 bits per heavy atom. The van der Waals surface area contributed by atoms with E-state index >= 15 is 0 Å². The lowest BCUT2D eigenvalue weighted by atomic mass is 9.84. The zero-order valence-corrected chi connectivity index (χ0v) is 69.4. The fourth-order valence-corrected chi connectivity index (χ4v) is 13.8. The third-order valence-corrected chi connectivity index (χ3v) is 18.8. The van der Waals surface area contributed by atoms with Crippen molar-refractivity contribution in [3.63, 3.8) is 0 Å². The van der Waals surface area contributed by atoms with Crippen molar-refractivity contribution in [2.24, 2.45) is 70.7 Å². The first-order chi connectivity index (χ1) is 53.4. The Bertz CT molecular complexity index is 5050. The van der Waals surface area contributed by atoms with Gasteiger partial charge in [-0.2, -0.15) is 0 Å². The lowest BCUT2D eigenvalue weighted by molar-refractivity contribution is -0.661. The maximum atomic E-state index is 8.66. The van der Waals surface area contributed by atoms with Gasteiger partial charge in [0.15, 0.2) is 31.0 Å². The van der Waals surface area contributed by atoms with Crippen LogP contribution in [0.1, 0.15) is 258 Å². The average molecular weight is 1490 g/mol. The van der Waals surface area contributed by atoms with Gasteiger partial charge in [-0.3, -0.25) is 0 Å². The fraction of sp³-hybridized carbons (Fsp3) is 0.471. The number of nitrogens with zero attached hydrogens (tertiary/aromatic N) is 5. The Morgan fingerprint density at radius 1 is 0.284 bits per heavy atom. The normalized spacial score (nSPS) is 13.1. The topological polar surface area (TPSA) is 19.4 Å². The summed E-state index contributed by atoms with van der Waals surface area (Å²) in [6.07, 6.45) is 9.27. The van der Waals surface area contributed by atoms with Crippen LogP contribution in [0.5, 0.6) is 0 Å². The predicted molar refractivity (Wildman–Crippen MR) is 481 cm³/mol. The molecule has 0 amide bonds. The predicted octanol–water partition coefficient (Wildman–Crippen LogP) is 26.0. The van der Waals surface area contributed by atoms with Crippen LogP contribution in [0.2, 0.25) is 0 Å². The first kappa shape index (κ1) is 79.0. The molecule has 0 N–H and O–H groups in total. The van der Waals surface area contributed by atoms with Crippen molar-refractivity contribution in [1.82, 2.24) is 0 Å². The maximum absolute atomic E-state index is 8.66. The van der Waals surface area contributed by atoms with Gasteiger partial charge < -0.3 is 0 Å². The second-order valence-corrected chi connectivity index (χ2v) is 32.6. The molecule has 5 heterocycles. The van der Waals surface area contributed by atoms with Crippen molar-refractivity contribution >= 4 is 0 Å². The molecule has 594 valence electrons. The van der Waals surface area contributed by atoms with Crippen molar-refractivity contribution in [3.05, 3.63) is 265 Å². The molecule has 0 saturated carbocycles. The van der Waals surface area contributed by atoms with Crippen LogP contribution in [0.15, 0.2) is 164 Å². The fourth-order valence-electron chi connectivity index (χ4n) is 13.8. The van der Waals surface area contributed by atoms with Gasteiger partial charge in [-0.25, -0.2) is 22.8 Å². The number of benzene rings is 5. The van der Waals surface area contributed by atoms with Crippen molar-refractivity contribution in [2.45, 2.75) is 261 Å². The summed E-state index contributed by atoms with van der Waals surface area (Å²) in [5.74, 6) is 1.42. The molecule has 109 heavy (non-hydrogen) atoms. The molecule has 0 radical (unpaired) electrons. The SMILES string of the molecule is C.C.C.C.C.Cc1ccc(-c2cc(C)c(CC(C)C)c[n+]2C)c(C)c1.Cc1ccccc1-c1cc(CC(C)C)c(CC(C)C)c[n+]1C.[2H]C([2H])([2H])c1ccc(-c2cc(C)c(C(C)(C)C)c[n+]2C)c(C)c1.[2H]C([2H])([2H])c1ccc(-c2cc(C)c(C([2H])([2H])C(C)C)c[n+]2C)c(C)c1.[2H]C([2H])(c1cc(-c2ccccc2C)[n+](C)cc1C([2H])([2H])C(C)C)C(C)C. The van der Waals surface area contributed by atoms with E-state index in [1.807, 2.05) is 154 Å². The van der Waals surface area contributed by atoms with Gasteiger partial charge in [-0.05, 0) is 241 Å². The number of pyridine rings is 5.